The Morgan fingerprint density at radius 3 is 2.92 bits per heavy atom. The van der Waals surface area contributed by atoms with Crippen LogP contribution in [0.1, 0.15) is 38.8 Å². The largest absolute Gasteiger partial charge is 0.357 e. The van der Waals surface area contributed by atoms with Crippen LogP contribution in [0.3, 0.4) is 0 Å². The fourth-order valence-electron chi connectivity index (χ4n) is 3.33. The number of hydrogen-bond acceptors (Lipinski definition) is 5. The molecule has 0 saturated carbocycles. The number of guanidine groups is 1. The van der Waals surface area contributed by atoms with Gasteiger partial charge >= 0.3 is 0 Å². The van der Waals surface area contributed by atoms with Crippen LogP contribution in [0.4, 0.5) is 5.13 Å². The van der Waals surface area contributed by atoms with Crippen LogP contribution in [0.5, 0.6) is 0 Å². The fraction of sp³-hybridized carbons (Fsp3) is 0.778. The number of nitrogens with zero attached hydrogens (tertiary/aromatic N) is 4. The van der Waals surface area contributed by atoms with Gasteiger partial charge in [-0.3, -0.25) is 4.99 Å². The highest BCUT2D eigenvalue weighted by molar-refractivity contribution is 8.00. The molecule has 0 radical (unpaired) electrons. The molecule has 1 N–H and O–H groups in total. The minimum atomic E-state index is 0.735. The van der Waals surface area contributed by atoms with Gasteiger partial charge in [-0.05, 0) is 26.2 Å². The summed E-state index contributed by atoms with van der Waals surface area (Å²) in [5.41, 5.74) is 1.19. The molecule has 1 unspecified atom stereocenters. The van der Waals surface area contributed by atoms with E-state index in [9.17, 15) is 0 Å². The van der Waals surface area contributed by atoms with Gasteiger partial charge in [0.05, 0.1) is 5.69 Å². The number of thioether (sulfide) groups is 1. The van der Waals surface area contributed by atoms with Crippen LogP contribution in [0, 0.1) is 0 Å². The summed E-state index contributed by atoms with van der Waals surface area (Å²) in [7, 11) is 0. The predicted octanol–water partition coefficient (Wildman–Crippen LogP) is 3.08. The highest BCUT2D eigenvalue weighted by Crippen LogP contribution is 2.24. The van der Waals surface area contributed by atoms with E-state index in [0.29, 0.717) is 0 Å². The second kappa shape index (κ2) is 9.67. The number of hydrogen-bond donors (Lipinski definition) is 1. The van der Waals surface area contributed by atoms with E-state index < -0.39 is 0 Å². The number of aliphatic imine (C=N–C) groups is 1. The van der Waals surface area contributed by atoms with Gasteiger partial charge in [0.1, 0.15) is 0 Å². The van der Waals surface area contributed by atoms with Gasteiger partial charge in [0.15, 0.2) is 11.1 Å². The Balaban J connectivity index is 1.54. The first-order valence-corrected chi connectivity index (χ1v) is 11.6. The van der Waals surface area contributed by atoms with Crippen molar-refractivity contribution in [1.29, 1.82) is 0 Å². The first-order valence-electron chi connectivity index (χ1n) is 9.64. The van der Waals surface area contributed by atoms with Crippen molar-refractivity contribution in [3.63, 3.8) is 0 Å². The van der Waals surface area contributed by atoms with Crippen molar-refractivity contribution in [2.75, 3.05) is 49.9 Å². The average molecular weight is 382 g/mol. The van der Waals surface area contributed by atoms with Crippen LogP contribution in [0.2, 0.25) is 0 Å². The molecule has 7 heteroatoms. The van der Waals surface area contributed by atoms with E-state index >= 15 is 0 Å². The lowest BCUT2D eigenvalue weighted by atomic mass is 10.3. The molecule has 1 atom stereocenters. The van der Waals surface area contributed by atoms with Crippen molar-refractivity contribution < 1.29 is 0 Å². The molecule has 25 heavy (non-hydrogen) atoms. The summed E-state index contributed by atoms with van der Waals surface area (Å²) < 4.78 is 0. The Morgan fingerprint density at radius 1 is 1.32 bits per heavy atom. The van der Waals surface area contributed by atoms with Crippen molar-refractivity contribution >= 4 is 34.2 Å². The van der Waals surface area contributed by atoms with Gasteiger partial charge < -0.3 is 15.1 Å². The SMILES string of the molecule is CCNC(=NCCc1csc(N2CCCC2)n1)N1CCSC(CC)C1. The molecule has 2 saturated heterocycles. The molecule has 2 aliphatic heterocycles. The topological polar surface area (TPSA) is 43.8 Å². The summed E-state index contributed by atoms with van der Waals surface area (Å²) in [6.45, 7) is 10.7. The molecule has 1 aromatic heterocycles. The summed E-state index contributed by atoms with van der Waals surface area (Å²) in [6.07, 6.45) is 4.77. The molecule has 0 spiro atoms. The summed E-state index contributed by atoms with van der Waals surface area (Å²) >= 11 is 3.88. The van der Waals surface area contributed by atoms with Crippen LogP contribution < -0.4 is 10.2 Å². The third-order valence-corrected chi connectivity index (χ3v) is 7.10. The standard InChI is InChI=1S/C18H31N5S2/c1-3-16-13-23(11-12-24-16)17(19-4-2)20-8-7-15-14-25-18(21-15)22-9-5-6-10-22/h14,16H,3-13H2,1-2H3,(H,19,20). The van der Waals surface area contributed by atoms with E-state index in [-0.39, 0.29) is 0 Å². The molecular weight excluding hydrogens is 350 g/mol. The van der Waals surface area contributed by atoms with Crippen molar-refractivity contribution in [3.8, 4) is 0 Å². The lowest BCUT2D eigenvalue weighted by Crippen LogP contribution is -2.48. The highest BCUT2D eigenvalue weighted by atomic mass is 32.2. The summed E-state index contributed by atoms with van der Waals surface area (Å²) in [5, 5.41) is 7.61. The maximum absolute atomic E-state index is 4.88. The van der Waals surface area contributed by atoms with Gasteiger partial charge in [0, 0.05) is 62.1 Å². The molecular formula is C18H31N5S2. The van der Waals surface area contributed by atoms with E-state index in [2.05, 4.69) is 46.1 Å². The van der Waals surface area contributed by atoms with Gasteiger partial charge in [-0.15, -0.1) is 11.3 Å². The van der Waals surface area contributed by atoms with E-state index in [4.69, 9.17) is 9.98 Å². The Kier molecular flexibility index (Phi) is 7.28. The molecule has 0 amide bonds. The third-order valence-electron chi connectivity index (χ3n) is 4.77. The molecule has 3 rings (SSSR count). The highest BCUT2D eigenvalue weighted by Gasteiger charge is 2.21. The zero-order chi connectivity index (χ0) is 17.5. The number of anilines is 1. The summed E-state index contributed by atoms with van der Waals surface area (Å²) in [5.74, 6) is 2.28. The maximum atomic E-state index is 4.88. The first-order chi connectivity index (χ1) is 12.3. The second-order valence-corrected chi connectivity index (χ2v) is 8.89. The molecule has 0 bridgehead atoms. The van der Waals surface area contributed by atoms with E-state index in [0.717, 1.165) is 43.8 Å². The second-order valence-electron chi connectivity index (χ2n) is 6.65. The quantitative estimate of drug-likeness (QED) is 0.606. The van der Waals surface area contributed by atoms with Crippen LogP contribution >= 0.6 is 23.1 Å². The molecule has 1 aromatic rings. The van der Waals surface area contributed by atoms with Gasteiger partial charge in [0.2, 0.25) is 0 Å². The monoisotopic (exact) mass is 381 g/mol. The minimum absolute atomic E-state index is 0.735. The van der Waals surface area contributed by atoms with Crippen LogP contribution in [0.15, 0.2) is 10.4 Å². The van der Waals surface area contributed by atoms with Crippen molar-refractivity contribution in [3.05, 3.63) is 11.1 Å². The molecule has 0 aromatic carbocycles. The van der Waals surface area contributed by atoms with Gasteiger partial charge in [-0.25, -0.2) is 4.98 Å². The van der Waals surface area contributed by atoms with Crippen molar-refractivity contribution in [2.24, 2.45) is 4.99 Å². The number of thiazole rings is 1. The normalized spacial score (nSPS) is 21.8. The first kappa shape index (κ1) is 18.8. The Bertz CT molecular complexity index is 553. The minimum Gasteiger partial charge on any atom is -0.357 e. The third kappa shape index (κ3) is 5.26. The molecule has 0 aliphatic carbocycles. The lowest BCUT2D eigenvalue weighted by molar-refractivity contribution is 0.408. The smallest absolute Gasteiger partial charge is 0.193 e. The Hall–Kier alpha value is -0.950. The van der Waals surface area contributed by atoms with Crippen molar-refractivity contribution in [1.82, 2.24) is 15.2 Å². The summed E-state index contributed by atoms with van der Waals surface area (Å²) in [6, 6.07) is 0. The van der Waals surface area contributed by atoms with E-state index in [1.54, 1.807) is 11.3 Å². The fourth-order valence-corrected chi connectivity index (χ4v) is 5.42. The molecule has 2 aliphatic rings. The predicted molar refractivity (Wildman–Crippen MR) is 111 cm³/mol. The molecule has 140 valence electrons. The molecule has 2 fully saturated rings. The Morgan fingerprint density at radius 2 is 2.16 bits per heavy atom. The zero-order valence-electron chi connectivity index (χ0n) is 15.5. The van der Waals surface area contributed by atoms with Crippen molar-refractivity contribution in [2.45, 2.75) is 44.8 Å². The van der Waals surface area contributed by atoms with Gasteiger partial charge in [-0.1, -0.05) is 6.92 Å². The van der Waals surface area contributed by atoms with Gasteiger partial charge in [-0.2, -0.15) is 11.8 Å². The van der Waals surface area contributed by atoms with Crippen LogP contribution in [-0.2, 0) is 6.42 Å². The average Bonchev–Trinajstić information content (AvgIpc) is 3.32. The number of rotatable bonds is 6. The zero-order valence-corrected chi connectivity index (χ0v) is 17.2. The maximum Gasteiger partial charge on any atom is 0.193 e. The molecule has 5 nitrogen and oxygen atoms in total. The lowest BCUT2D eigenvalue weighted by Gasteiger charge is -2.34. The van der Waals surface area contributed by atoms with E-state index in [1.807, 2.05) is 0 Å². The van der Waals surface area contributed by atoms with Crippen LogP contribution in [-0.4, -0.2) is 66.1 Å². The number of aromatic nitrogens is 1. The van der Waals surface area contributed by atoms with Gasteiger partial charge in [0.25, 0.3) is 0 Å². The number of nitrogens with one attached hydrogen (secondary N) is 1. The van der Waals surface area contributed by atoms with Crippen LogP contribution in [0.25, 0.3) is 0 Å². The van der Waals surface area contributed by atoms with E-state index in [1.165, 1.54) is 48.9 Å². The Labute approximate surface area is 160 Å². The summed E-state index contributed by atoms with van der Waals surface area (Å²) in [4.78, 5) is 14.5. The molecule has 3 heterocycles.